The molecule has 4 nitrogen and oxygen atoms in total. The number of urea groups is 1. The molecule has 0 fully saturated rings. The van der Waals surface area contributed by atoms with Gasteiger partial charge < -0.3 is 15.4 Å². The fourth-order valence-corrected chi connectivity index (χ4v) is 2.06. The smallest absolute Gasteiger partial charge is 0.319 e. The number of anilines is 1. The second-order valence-corrected chi connectivity index (χ2v) is 4.91. The Labute approximate surface area is 125 Å². The Bertz CT molecular complexity index is 626. The number of carbonyl (C=O) groups is 1. The highest BCUT2D eigenvalue weighted by atomic mass is 16.5. The third-order valence-corrected chi connectivity index (χ3v) is 3.33. The number of methoxy groups -OCH3 is 1. The molecule has 0 aromatic heterocycles. The summed E-state index contributed by atoms with van der Waals surface area (Å²) in [5.74, 6) is 0.778. The maximum absolute atomic E-state index is 12.0. The van der Waals surface area contributed by atoms with Gasteiger partial charge in [0.2, 0.25) is 0 Å². The molecule has 110 valence electrons. The molecule has 0 bridgehead atoms. The van der Waals surface area contributed by atoms with E-state index in [1.54, 1.807) is 7.11 Å². The number of benzene rings is 2. The van der Waals surface area contributed by atoms with Gasteiger partial charge in [-0.1, -0.05) is 30.3 Å². The van der Waals surface area contributed by atoms with Crippen LogP contribution in [0.2, 0.25) is 0 Å². The Balaban J connectivity index is 2.00. The molecule has 0 spiro atoms. The summed E-state index contributed by atoms with van der Waals surface area (Å²) in [5.41, 5.74) is 2.84. The molecule has 0 radical (unpaired) electrons. The molecule has 2 amide bonds. The number of carbonyl (C=O) groups excluding carboxylic acids is 1. The average molecular weight is 284 g/mol. The van der Waals surface area contributed by atoms with Gasteiger partial charge in [0.1, 0.15) is 5.75 Å². The molecule has 2 aromatic rings. The van der Waals surface area contributed by atoms with Crippen molar-refractivity contribution in [3.8, 4) is 5.75 Å². The molecule has 0 aliphatic rings. The van der Waals surface area contributed by atoms with Crippen LogP contribution in [0.4, 0.5) is 10.5 Å². The van der Waals surface area contributed by atoms with Gasteiger partial charge in [0.05, 0.1) is 13.2 Å². The van der Waals surface area contributed by atoms with Crippen molar-refractivity contribution in [1.29, 1.82) is 0 Å². The Kier molecular flexibility index (Phi) is 4.82. The van der Waals surface area contributed by atoms with Gasteiger partial charge in [0.25, 0.3) is 0 Å². The van der Waals surface area contributed by atoms with Crippen LogP contribution in [0, 0.1) is 6.92 Å². The summed E-state index contributed by atoms with van der Waals surface area (Å²) in [6, 6.07) is 15.0. The summed E-state index contributed by atoms with van der Waals surface area (Å²) in [5, 5.41) is 5.78. The molecular formula is C17H20N2O2. The van der Waals surface area contributed by atoms with E-state index in [-0.39, 0.29) is 12.1 Å². The van der Waals surface area contributed by atoms with Crippen molar-refractivity contribution < 1.29 is 9.53 Å². The second kappa shape index (κ2) is 6.79. The quantitative estimate of drug-likeness (QED) is 0.895. The lowest BCUT2D eigenvalue weighted by molar-refractivity contribution is 0.249. The highest BCUT2D eigenvalue weighted by molar-refractivity contribution is 5.90. The first kappa shape index (κ1) is 14.9. The molecule has 2 rings (SSSR count). The zero-order chi connectivity index (χ0) is 15.2. The van der Waals surface area contributed by atoms with Crippen molar-refractivity contribution in [3.05, 3.63) is 59.7 Å². The zero-order valence-corrected chi connectivity index (χ0v) is 12.5. The van der Waals surface area contributed by atoms with Crippen LogP contribution in [-0.4, -0.2) is 13.1 Å². The number of para-hydroxylation sites is 1. The van der Waals surface area contributed by atoms with Gasteiger partial charge in [0.15, 0.2) is 0 Å². The first-order valence-corrected chi connectivity index (χ1v) is 6.87. The largest absolute Gasteiger partial charge is 0.497 e. The minimum absolute atomic E-state index is 0.107. The number of aryl methyl sites for hydroxylation is 1. The van der Waals surface area contributed by atoms with Crippen molar-refractivity contribution in [2.45, 2.75) is 19.9 Å². The van der Waals surface area contributed by atoms with E-state index in [1.165, 1.54) is 0 Å². The predicted octanol–water partition coefficient (Wildman–Crippen LogP) is 3.89. The first-order chi connectivity index (χ1) is 10.1. The predicted molar refractivity (Wildman–Crippen MR) is 84.7 cm³/mol. The summed E-state index contributed by atoms with van der Waals surface area (Å²) < 4.78 is 5.19. The molecule has 4 heteroatoms. The number of hydrogen-bond donors (Lipinski definition) is 2. The Morgan fingerprint density at radius 2 is 1.90 bits per heavy atom. The van der Waals surface area contributed by atoms with Gasteiger partial charge in [-0.3, -0.25) is 0 Å². The maximum Gasteiger partial charge on any atom is 0.319 e. The SMILES string of the molecule is COc1cccc(C(C)NC(=O)Nc2ccccc2C)c1. The Morgan fingerprint density at radius 1 is 1.14 bits per heavy atom. The fourth-order valence-electron chi connectivity index (χ4n) is 2.06. The lowest BCUT2D eigenvalue weighted by Crippen LogP contribution is -2.31. The molecule has 0 aliphatic carbocycles. The number of ether oxygens (including phenoxy) is 1. The van der Waals surface area contributed by atoms with Crippen LogP contribution in [0.1, 0.15) is 24.1 Å². The van der Waals surface area contributed by atoms with Gasteiger partial charge in [-0.25, -0.2) is 4.79 Å². The van der Waals surface area contributed by atoms with E-state index < -0.39 is 0 Å². The van der Waals surface area contributed by atoms with Crippen LogP contribution in [0.3, 0.4) is 0 Å². The summed E-state index contributed by atoms with van der Waals surface area (Å²) in [6.07, 6.45) is 0. The van der Waals surface area contributed by atoms with E-state index in [0.717, 1.165) is 22.6 Å². The molecule has 0 saturated carbocycles. The number of amides is 2. The third-order valence-electron chi connectivity index (χ3n) is 3.33. The molecule has 0 saturated heterocycles. The molecular weight excluding hydrogens is 264 g/mol. The van der Waals surface area contributed by atoms with E-state index in [4.69, 9.17) is 4.74 Å². The monoisotopic (exact) mass is 284 g/mol. The van der Waals surface area contributed by atoms with Crippen molar-refractivity contribution in [3.63, 3.8) is 0 Å². The van der Waals surface area contributed by atoms with Gasteiger partial charge >= 0.3 is 6.03 Å². The topological polar surface area (TPSA) is 50.4 Å². The van der Waals surface area contributed by atoms with Gasteiger partial charge in [0, 0.05) is 5.69 Å². The van der Waals surface area contributed by atoms with Gasteiger partial charge in [-0.2, -0.15) is 0 Å². The third kappa shape index (κ3) is 3.99. The van der Waals surface area contributed by atoms with Crippen molar-refractivity contribution >= 4 is 11.7 Å². The van der Waals surface area contributed by atoms with E-state index in [2.05, 4.69) is 10.6 Å². The van der Waals surface area contributed by atoms with E-state index in [0.29, 0.717) is 0 Å². The van der Waals surface area contributed by atoms with Gasteiger partial charge in [-0.15, -0.1) is 0 Å². The standard InChI is InChI=1S/C17H20N2O2/c1-12-7-4-5-10-16(12)19-17(20)18-13(2)14-8-6-9-15(11-14)21-3/h4-11,13H,1-3H3,(H2,18,19,20). The highest BCUT2D eigenvalue weighted by Gasteiger charge is 2.10. The Hall–Kier alpha value is -2.49. The second-order valence-electron chi connectivity index (χ2n) is 4.91. The van der Waals surface area contributed by atoms with Crippen LogP contribution < -0.4 is 15.4 Å². The fraction of sp³-hybridized carbons (Fsp3) is 0.235. The summed E-state index contributed by atoms with van der Waals surface area (Å²) >= 11 is 0. The molecule has 1 atom stereocenters. The van der Waals surface area contributed by atoms with Crippen LogP contribution >= 0.6 is 0 Å². The van der Waals surface area contributed by atoms with Crippen LogP contribution in [0.15, 0.2) is 48.5 Å². The summed E-state index contributed by atoms with van der Waals surface area (Å²) in [6.45, 7) is 3.90. The minimum Gasteiger partial charge on any atom is -0.497 e. The highest BCUT2D eigenvalue weighted by Crippen LogP contribution is 2.19. The van der Waals surface area contributed by atoms with E-state index in [9.17, 15) is 4.79 Å². The normalized spacial score (nSPS) is 11.6. The molecule has 2 aromatic carbocycles. The lowest BCUT2D eigenvalue weighted by atomic mass is 10.1. The average Bonchev–Trinajstić information content (AvgIpc) is 2.49. The Morgan fingerprint density at radius 3 is 2.62 bits per heavy atom. The van der Waals surface area contributed by atoms with Crippen LogP contribution in [-0.2, 0) is 0 Å². The van der Waals surface area contributed by atoms with E-state index >= 15 is 0 Å². The van der Waals surface area contributed by atoms with Crippen molar-refractivity contribution in [1.82, 2.24) is 5.32 Å². The van der Waals surface area contributed by atoms with Crippen LogP contribution in [0.5, 0.6) is 5.75 Å². The molecule has 21 heavy (non-hydrogen) atoms. The maximum atomic E-state index is 12.0. The van der Waals surface area contributed by atoms with Crippen LogP contribution in [0.25, 0.3) is 0 Å². The number of hydrogen-bond acceptors (Lipinski definition) is 2. The first-order valence-electron chi connectivity index (χ1n) is 6.87. The number of nitrogens with one attached hydrogen (secondary N) is 2. The minimum atomic E-state index is -0.223. The molecule has 2 N–H and O–H groups in total. The van der Waals surface area contributed by atoms with Gasteiger partial charge in [-0.05, 0) is 43.2 Å². The zero-order valence-electron chi connectivity index (χ0n) is 12.5. The van der Waals surface area contributed by atoms with E-state index in [1.807, 2.05) is 62.4 Å². The molecule has 0 aliphatic heterocycles. The molecule has 0 heterocycles. The summed E-state index contributed by atoms with van der Waals surface area (Å²) in [4.78, 5) is 12.0. The summed E-state index contributed by atoms with van der Waals surface area (Å²) in [7, 11) is 1.63. The number of rotatable bonds is 4. The molecule has 1 unspecified atom stereocenters. The van der Waals surface area contributed by atoms with Crippen molar-refractivity contribution in [2.24, 2.45) is 0 Å². The lowest BCUT2D eigenvalue weighted by Gasteiger charge is -2.16. The van der Waals surface area contributed by atoms with Crippen molar-refractivity contribution in [2.75, 3.05) is 12.4 Å².